The second-order valence-corrected chi connectivity index (χ2v) is 3.84. The Morgan fingerprint density at radius 3 is 2.88 bits per heavy atom. The topological polar surface area (TPSA) is 51.2 Å². The average molecular weight is 222 g/mol. The number of esters is 1. The number of nitrogens with one attached hydrogen (secondary N) is 1. The zero-order chi connectivity index (χ0) is 12.0. The van der Waals surface area contributed by atoms with Crippen LogP contribution in [-0.4, -0.2) is 24.6 Å². The third kappa shape index (κ3) is 3.62. The van der Waals surface area contributed by atoms with E-state index in [2.05, 4.69) is 15.0 Å². The first-order valence-corrected chi connectivity index (χ1v) is 5.36. The molecule has 0 aliphatic heterocycles. The van der Waals surface area contributed by atoms with Crippen molar-refractivity contribution in [2.24, 2.45) is 5.92 Å². The fourth-order valence-corrected chi connectivity index (χ4v) is 1.39. The molecule has 0 bridgehead atoms. The minimum atomic E-state index is -0.189. The summed E-state index contributed by atoms with van der Waals surface area (Å²) in [7, 11) is 1.41. The molecule has 0 amide bonds. The largest absolute Gasteiger partial charge is 0.469 e. The molecule has 2 atom stereocenters. The van der Waals surface area contributed by atoms with Crippen molar-refractivity contribution in [1.82, 2.24) is 10.3 Å². The molecule has 1 rings (SSSR count). The maximum atomic E-state index is 11.2. The molecule has 0 aromatic carbocycles. The van der Waals surface area contributed by atoms with Crippen molar-refractivity contribution in [2.75, 3.05) is 13.7 Å². The van der Waals surface area contributed by atoms with E-state index in [1.165, 1.54) is 7.11 Å². The van der Waals surface area contributed by atoms with Gasteiger partial charge in [0.2, 0.25) is 0 Å². The van der Waals surface area contributed by atoms with E-state index >= 15 is 0 Å². The summed E-state index contributed by atoms with van der Waals surface area (Å²) < 4.78 is 4.66. The van der Waals surface area contributed by atoms with Crippen molar-refractivity contribution in [1.29, 1.82) is 0 Å². The fraction of sp³-hybridized carbons (Fsp3) is 0.500. The zero-order valence-electron chi connectivity index (χ0n) is 9.93. The second-order valence-electron chi connectivity index (χ2n) is 3.84. The summed E-state index contributed by atoms with van der Waals surface area (Å²) in [6, 6.07) is 4.09. The van der Waals surface area contributed by atoms with Gasteiger partial charge in [0, 0.05) is 25.0 Å². The van der Waals surface area contributed by atoms with Gasteiger partial charge in [-0.25, -0.2) is 0 Å². The van der Waals surface area contributed by atoms with Gasteiger partial charge >= 0.3 is 5.97 Å². The highest BCUT2D eigenvalue weighted by atomic mass is 16.5. The Bertz CT molecular complexity index is 327. The molecule has 1 heterocycles. The number of ether oxygens (including phenoxy) is 1. The maximum absolute atomic E-state index is 11.2. The molecule has 1 aromatic rings. The quantitative estimate of drug-likeness (QED) is 0.768. The Morgan fingerprint density at radius 2 is 2.31 bits per heavy atom. The molecule has 16 heavy (non-hydrogen) atoms. The summed E-state index contributed by atoms with van der Waals surface area (Å²) in [6.07, 6.45) is 3.56. The number of carbonyl (C=O) groups is 1. The van der Waals surface area contributed by atoms with Crippen molar-refractivity contribution < 1.29 is 9.53 Å². The molecule has 0 spiro atoms. The van der Waals surface area contributed by atoms with Gasteiger partial charge in [-0.05, 0) is 18.6 Å². The van der Waals surface area contributed by atoms with Gasteiger partial charge in [0.15, 0.2) is 0 Å². The third-order valence-electron chi connectivity index (χ3n) is 2.52. The molecule has 0 aliphatic carbocycles. The smallest absolute Gasteiger partial charge is 0.309 e. The van der Waals surface area contributed by atoms with Gasteiger partial charge in [0.05, 0.1) is 13.0 Å². The summed E-state index contributed by atoms with van der Waals surface area (Å²) in [5.74, 6) is -0.324. The Balaban J connectivity index is 2.41. The molecule has 0 fully saturated rings. The lowest BCUT2D eigenvalue weighted by atomic mass is 10.1. The van der Waals surface area contributed by atoms with E-state index in [1.54, 1.807) is 6.20 Å². The molecular formula is C12H18N2O2. The molecule has 1 N–H and O–H groups in total. The fourth-order valence-electron chi connectivity index (χ4n) is 1.39. The van der Waals surface area contributed by atoms with Crippen LogP contribution >= 0.6 is 0 Å². The van der Waals surface area contributed by atoms with E-state index in [4.69, 9.17) is 0 Å². The van der Waals surface area contributed by atoms with Crippen molar-refractivity contribution in [3.8, 4) is 0 Å². The Morgan fingerprint density at radius 1 is 1.56 bits per heavy atom. The van der Waals surface area contributed by atoms with Crippen LogP contribution in [-0.2, 0) is 9.53 Å². The van der Waals surface area contributed by atoms with E-state index < -0.39 is 0 Å². The lowest BCUT2D eigenvalue weighted by Gasteiger charge is -2.16. The number of hydrogen-bond acceptors (Lipinski definition) is 4. The number of aromatic nitrogens is 1. The minimum absolute atomic E-state index is 0.135. The van der Waals surface area contributed by atoms with Crippen LogP contribution in [0.3, 0.4) is 0 Å². The van der Waals surface area contributed by atoms with Gasteiger partial charge in [-0.2, -0.15) is 0 Å². The molecule has 0 saturated carbocycles. The van der Waals surface area contributed by atoms with E-state index in [0.29, 0.717) is 6.54 Å². The molecule has 88 valence electrons. The first-order chi connectivity index (χ1) is 7.65. The number of hydrogen-bond donors (Lipinski definition) is 1. The molecule has 0 radical (unpaired) electrons. The van der Waals surface area contributed by atoms with Crippen molar-refractivity contribution in [3.05, 3.63) is 30.1 Å². The van der Waals surface area contributed by atoms with E-state index in [-0.39, 0.29) is 17.9 Å². The zero-order valence-corrected chi connectivity index (χ0v) is 9.93. The molecule has 4 heteroatoms. The van der Waals surface area contributed by atoms with Gasteiger partial charge in [0.25, 0.3) is 0 Å². The van der Waals surface area contributed by atoms with E-state index in [9.17, 15) is 4.79 Å². The summed E-state index contributed by atoms with van der Waals surface area (Å²) in [5.41, 5.74) is 1.11. The maximum Gasteiger partial charge on any atom is 0.309 e. The number of carbonyl (C=O) groups excluding carboxylic acids is 1. The second kappa shape index (κ2) is 6.23. The van der Waals surface area contributed by atoms with Gasteiger partial charge in [-0.1, -0.05) is 13.0 Å². The summed E-state index contributed by atoms with van der Waals surface area (Å²) in [4.78, 5) is 15.2. The molecule has 1 aromatic heterocycles. The number of pyridine rings is 1. The van der Waals surface area contributed by atoms with Crippen molar-refractivity contribution in [3.63, 3.8) is 0 Å². The standard InChI is InChI=1S/C12H18N2O2/c1-9(12(15)16-3)7-14-10(2)11-5-4-6-13-8-11/h4-6,8-10,14H,7H2,1-3H3. The summed E-state index contributed by atoms with van der Waals surface area (Å²) in [6.45, 7) is 4.48. The predicted molar refractivity (Wildman–Crippen MR) is 61.8 cm³/mol. The highest BCUT2D eigenvalue weighted by Gasteiger charge is 2.14. The van der Waals surface area contributed by atoms with Crippen LogP contribution in [0, 0.1) is 5.92 Å². The lowest BCUT2D eigenvalue weighted by Crippen LogP contribution is -2.29. The number of rotatable bonds is 5. The number of nitrogens with zero attached hydrogens (tertiary/aromatic N) is 1. The third-order valence-corrected chi connectivity index (χ3v) is 2.52. The van der Waals surface area contributed by atoms with Crippen LogP contribution in [0.4, 0.5) is 0 Å². The van der Waals surface area contributed by atoms with Gasteiger partial charge in [-0.15, -0.1) is 0 Å². The van der Waals surface area contributed by atoms with Crippen molar-refractivity contribution in [2.45, 2.75) is 19.9 Å². The SMILES string of the molecule is COC(=O)C(C)CNC(C)c1cccnc1. The van der Waals surface area contributed by atoms with Gasteiger partial charge in [0.1, 0.15) is 0 Å². The molecule has 0 saturated heterocycles. The summed E-state index contributed by atoms with van der Waals surface area (Å²) >= 11 is 0. The molecule has 2 unspecified atom stereocenters. The predicted octanol–water partition coefficient (Wildman–Crippen LogP) is 1.54. The van der Waals surface area contributed by atoms with Crippen LogP contribution in [0.15, 0.2) is 24.5 Å². The first kappa shape index (κ1) is 12.6. The van der Waals surface area contributed by atoms with Crippen LogP contribution < -0.4 is 5.32 Å². The van der Waals surface area contributed by atoms with E-state index in [0.717, 1.165) is 5.56 Å². The van der Waals surface area contributed by atoms with Crippen LogP contribution in [0.2, 0.25) is 0 Å². The monoisotopic (exact) mass is 222 g/mol. The highest BCUT2D eigenvalue weighted by Crippen LogP contribution is 2.10. The van der Waals surface area contributed by atoms with Crippen LogP contribution in [0.25, 0.3) is 0 Å². The van der Waals surface area contributed by atoms with Crippen molar-refractivity contribution >= 4 is 5.97 Å². The Kier molecular flexibility index (Phi) is 4.92. The highest BCUT2D eigenvalue weighted by molar-refractivity contribution is 5.72. The minimum Gasteiger partial charge on any atom is -0.469 e. The van der Waals surface area contributed by atoms with Gasteiger partial charge in [-0.3, -0.25) is 9.78 Å². The average Bonchev–Trinajstić information content (AvgIpc) is 2.35. The molecule has 4 nitrogen and oxygen atoms in total. The van der Waals surface area contributed by atoms with Crippen LogP contribution in [0.5, 0.6) is 0 Å². The molecule has 0 aliphatic rings. The Labute approximate surface area is 96.0 Å². The Hall–Kier alpha value is -1.42. The molecular weight excluding hydrogens is 204 g/mol. The van der Waals surface area contributed by atoms with Gasteiger partial charge < -0.3 is 10.1 Å². The summed E-state index contributed by atoms with van der Waals surface area (Å²) in [5, 5.41) is 3.27. The normalized spacial score (nSPS) is 14.2. The van der Waals surface area contributed by atoms with E-state index in [1.807, 2.05) is 32.2 Å². The number of methoxy groups -OCH3 is 1. The first-order valence-electron chi connectivity index (χ1n) is 5.36. The van der Waals surface area contributed by atoms with Crippen LogP contribution in [0.1, 0.15) is 25.5 Å². The lowest BCUT2D eigenvalue weighted by molar-refractivity contribution is -0.144.